The molecule has 3 heteroatoms. The maximum atomic E-state index is 5.48. The second kappa shape index (κ2) is 18.7. The van der Waals surface area contributed by atoms with Gasteiger partial charge in [0, 0.05) is 6.42 Å². The van der Waals surface area contributed by atoms with Crippen molar-refractivity contribution in [1.29, 1.82) is 0 Å². The van der Waals surface area contributed by atoms with Crippen molar-refractivity contribution in [2.24, 2.45) is 0 Å². The summed E-state index contributed by atoms with van der Waals surface area (Å²) in [5, 5.41) is 0. The molecule has 0 N–H and O–H groups in total. The Kier molecular flexibility index (Phi) is 18.6. The van der Waals surface area contributed by atoms with Gasteiger partial charge in [-0.15, -0.1) is 0 Å². The van der Waals surface area contributed by atoms with Crippen LogP contribution in [0.1, 0.15) is 117 Å². The standard InChI is InChI=1S/C22H48NO2/c1-5-7-8-9-10-11-12-13-14-15-16-17-18-19-20-21-22-23(6-2,24-3)25-4/h5-22H2,1-4H3/q+1. The lowest BCUT2D eigenvalue weighted by molar-refractivity contribution is -1.24. The summed E-state index contributed by atoms with van der Waals surface area (Å²) in [5.41, 5.74) is 0. The third-order valence-corrected chi connectivity index (χ3v) is 5.50. The van der Waals surface area contributed by atoms with Crippen LogP contribution < -0.4 is 0 Å². The highest BCUT2D eigenvalue weighted by molar-refractivity contribution is 4.49. The lowest BCUT2D eigenvalue weighted by atomic mass is 10.0. The molecule has 0 aliphatic rings. The molecule has 152 valence electrons. The topological polar surface area (TPSA) is 18.5 Å². The van der Waals surface area contributed by atoms with Crippen molar-refractivity contribution in [3.8, 4) is 0 Å². The van der Waals surface area contributed by atoms with Crippen LogP contribution in [-0.2, 0) is 9.68 Å². The summed E-state index contributed by atoms with van der Waals surface area (Å²) < 4.78 is 0. The van der Waals surface area contributed by atoms with Crippen LogP contribution in [0, 0.1) is 0 Å². The average molecular weight is 359 g/mol. The quantitative estimate of drug-likeness (QED) is 0.130. The zero-order chi connectivity index (χ0) is 18.6. The Morgan fingerprint density at radius 1 is 0.480 bits per heavy atom. The molecule has 0 aromatic heterocycles. The van der Waals surface area contributed by atoms with E-state index in [1.165, 1.54) is 103 Å². The van der Waals surface area contributed by atoms with Crippen LogP contribution in [0.15, 0.2) is 0 Å². The Hall–Kier alpha value is -0.120. The number of hydroxylamine groups is 4. The third-order valence-electron chi connectivity index (χ3n) is 5.50. The zero-order valence-electron chi connectivity index (χ0n) is 18.0. The molecule has 0 spiro atoms. The van der Waals surface area contributed by atoms with Crippen molar-refractivity contribution < 1.29 is 14.5 Å². The van der Waals surface area contributed by atoms with Gasteiger partial charge < -0.3 is 0 Å². The van der Waals surface area contributed by atoms with Crippen LogP contribution in [0.5, 0.6) is 0 Å². The van der Waals surface area contributed by atoms with Crippen LogP contribution in [0.25, 0.3) is 0 Å². The second-order valence-corrected chi connectivity index (χ2v) is 7.52. The molecule has 25 heavy (non-hydrogen) atoms. The number of quaternary nitrogens is 1. The predicted octanol–water partition coefficient (Wildman–Crippen LogP) is 7.21. The first kappa shape index (κ1) is 24.9. The summed E-state index contributed by atoms with van der Waals surface area (Å²) in [7, 11) is 3.47. The SMILES string of the molecule is CCCCCCCCCCCCCCCCCC[N+](CC)(OC)OC. The Bertz CT molecular complexity index is 246. The minimum atomic E-state index is 0.332. The minimum Gasteiger partial charge on any atom is -0.171 e. The van der Waals surface area contributed by atoms with E-state index in [1.54, 1.807) is 14.2 Å². The van der Waals surface area contributed by atoms with E-state index in [1.807, 2.05) is 0 Å². The van der Waals surface area contributed by atoms with Crippen LogP contribution in [0.2, 0.25) is 0 Å². The van der Waals surface area contributed by atoms with E-state index in [2.05, 4.69) is 13.8 Å². The number of hydrogen-bond acceptors (Lipinski definition) is 2. The molecule has 0 fully saturated rings. The van der Waals surface area contributed by atoms with Gasteiger partial charge in [-0.25, -0.2) is 0 Å². The molecule has 0 bridgehead atoms. The Morgan fingerprint density at radius 3 is 1.08 bits per heavy atom. The van der Waals surface area contributed by atoms with Gasteiger partial charge >= 0.3 is 0 Å². The lowest BCUT2D eigenvalue weighted by Crippen LogP contribution is -2.46. The molecule has 0 amide bonds. The van der Waals surface area contributed by atoms with Crippen molar-refractivity contribution in [3.63, 3.8) is 0 Å². The number of unbranched alkanes of at least 4 members (excludes halogenated alkanes) is 15. The highest BCUT2D eigenvalue weighted by atomic mass is 17.0. The monoisotopic (exact) mass is 358 g/mol. The molecule has 0 unspecified atom stereocenters. The first-order valence-corrected chi connectivity index (χ1v) is 11.2. The van der Waals surface area contributed by atoms with Gasteiger partial charge in [-0.05, 0) is 18.2 Å². The summed E-state index contributed by atoms with van der Waals surface area (Å²) >= 11 is 0. The Morgan fingerprint density at radius 2 is 0.800 bits per heavy atom. The van der Waals surface area contributed by atoms with E-state index >= 15 is 0 Å². The molecule has 0 aromatic rings. The smallest absolute Gasteiger partial charge is 0.142 e. The molecule has 0 aliphatic carbocycles. The number of hydrogen-bond donors (Lipinski definition) is 0. The summed E-state index contributed by atoms with van der Waals surface area (Å²) in [4.78, 5) is 11.3. The van der Waals surface area contributed by atoms with Crippen LogP contribution >= 0.6 is 0 Å². The number of nitrogens with zero attached hydrogens (tertiary/aromatic N) is 1. The van der Waals surface area contributed by atoms with Gasteiger partial charge in [0.15, 0.2) is 0 Å². The van der Waals surface area contributed by atoms with Crippen molar-refractivity contribution >= 4 is 0 Å². The van der Waals surface area contributed by atoms with E-state index in [4.69, 9.17) is 9.68 Å². The van der Waals surface area contributed by atoms with Crippen LogP contribution in [0.4, 0.5) is 0 Å². The molecule has 0 atom stereocenters. The summed E-state index contributed by atoms with van der Waals surface area (Å²) in [6.45, 7) is 6.23. The molecule has 0 radical (unpaired) electrons. The fraction of sp³-hybridized carbons (Fsp3) is 1.00. The lowest BCUT2D eigenvalue weighted by Gasteiger charge is -2.28. The van der Waals surface area contributed by atoms with Crippen LogP contribution in [-0.4, -0.2) is 32.1 Å². The van der Waals surface area contributed by atoms with E-state index in [0.29, 0.717) is 4.81 Å². The van der Waals surface area contributed by atoms with Gasteiger partial charge in [0.05, 0.1) is 14.2 Å². The number of rotatable bonds is 20. The largest absolute Gasteiger partial charge is 0.171 e. The zero-order valence-corrected chi connectivity index (χ0v) is 18.0. The summed E-state index contributed by atoms with van der Waals surface area (Å²) in [6.07, 6.45) is 22.5. The first-order valence-electron chi connectivity index (χ1n) is 11.2. The van der Waals surface area contributed by atoms with E-state index < -0.39 is 0 Å². The van der Waals surface area contributed by atoms with E-state index in [0.717, 1.165) is 13.1 Å². The van der Waals surface area contributed by atoms with Crippen molar-refractivity contribution in [2.75, 3.05) is 27.3 Å². The van der Waals surface area contributed by atoms with Gasteiger partial charge in [-0.1, -0.05) is 96.8 Å². The molecule has 0 aliphatic heterocycles. The normalized spacial score (nSPS) is 12.0. The van der Waals surface area contributed by atoms with Gasteiger partial charge in [0.1, 0.15) is 13.1 Å². The fourth-order valence-electron chi connectivity index (χ4n) is 3.57. The maximum absolute atomic E-state index is 5.48. The molecular weight excluding hydrogens is 310 g/mol. The molecular formula is C22H48NO2+. The molecule has 0 heterocycles. The molecule has 0 rings (SSSR count). The van der Waals surface area contributed by atoms with Gasteiger partial charge in [0.2, 0.25) is 0 Å². The average Bonchev–Trinajstić information content (AvgIpc) is 2.65. The first-order chi connectivity index (χ1) is 12.2. The maximum Gasteiger partial charge on any atom is 0.142 e. The van der Waals surface area contributed by atoms with Gasteiger partial charge in [-0.3, -0.25) is 0 Å². The second-order valence-electron chi connectivity index (χ2n) is 7.52. The summed E-state index contributed by atoms with van der Waals surface area (Å²) in [5.74, 6) is 0. The van der Waals surface area contributed by atoms with E-state index in [-0.39, 0.29) is 0 Å². The van der Waals surface area contributed by atoms with Gasteiger partial charge in [0.25, 0.3) is 0 Å². The molecule has 3 nitrogen and oxygen atoms in total. The predicted molar refractivity (Wildman–Crippen MR) is 109 cm³/mol. The highest BCUT2D eigenvalue weighted by Crippen LogP contribution is 2.15. The Balaban J connectivity index is 3.21. The van der Waals surface area contributed by atoms with Crippen LogP contribution in [0.3, 0.4) is 0 Å². The minimum absolute atomic E-state index is 0.332. The van der Waals surface area contributed by atoms with E-state index in [9.17, 15) is 0 Å². The highest BCUT2D eigenvalue weighted by Gasteiger charge is 2.25. The molecule has 0 saturated carbocycles. The Labute approximate surface area is 159 Å². The third kappa shape index (κ3) is 14.7. The van der Waals surface area contributed by atoms with Crippen molar-refractivity contribution in [3.05, 3.63) is 0 Å². The molecule has 0 aromatic carbocycles. The summed E-state index contributed by atoms with van der Waals surface area (Å²) in [6, 6.07) is 0. The fourth-order valence-corrected chi connectivity index (χ4v) is 3.57. The van der Waals surface area contributed by atoms with Crippen molar-refractivity contribution in [1.82, 2.24) is 0 Å². The molecule has 0 saturated heterocycles. The van der Waals surface area contributed by atoms with Crippen molar-refractivity contribution in [2.45, 2.75) is 117 Å². The van der Waals surface area contributed by atoms with Gasteiger partial charge in [-0.2, -0.15) is 9.68 Å².